The molecule has 92 valence electrons. The number of aliphatic carboxylic acids is 1. The maximum atomic E-state index is 12.0. The lowest BCUT2D eigenvalue weighted by Gasteiger charge is -2.06. The summed E-state index contributed by atoms with van der Waals surface area (Å²) in [6.45, 7) is 0. The van der Waals surface area contributed by atoms with Crippen molar-refractivity contribution in [3.8, 4) is 0 Å². The third-order valence-electron chi connectivity index (χ3n) is 2.62. The van der Waals surface area contributed by atoms with E-state index < -0.39 is 15.8 Å². The first-order valence-electron chi connectivity index (χ1n) is 5.15. The molecular formula is C11H11BrO4S. The molecule has 1 fully saturated rings. The molecule has 1 N–H and O–H groups in total. The van der Waals surface area contributed by atoms with Crippen LogP contribution in [0.5, 0.6) is 0 Å². The quantitative estimate of drug-likeness (QED) is 0.921. The summed E-state index contributed by atoms with van der Waals surface area (Å²) in [5, 5.41) is 8.39. The van der Waals surface area contributed by atoms with Gasteiger partial charge in [-0.2, -0.15) is 0 Å². The Labute approximate surface area is 108 Å². The molecule has 1 aliphatic rings. The molecule has 1 saturated carbocycles. The fourth-order valence-corrected chi connectivity index (χ4v) is 4.42. The lowest BCUT2D eigenvalue weighted by Crippen LogP contribution is -2.08. The molecule has 1 aromatic carbocycles. The van der Waals surface area contributed by atoms with Crippen molar-refractivity contribution in [3.63, 3.8) is 0 Å². The SMILES string of the molecule is O=C(O)Cc1ccc(S(=O)(=O)C2CC2)c(Br)c1. The number of benzene rings is 1. The first-order valence-corrected chi connectivity index (χ1v) is 7.49. The van der Waals surface area contributed by atoms with Crippen molar-refractivity contribution in [2.24, 2.45) is 0 Å². The van der Waals surface area contributed by atoms with Crippen LogP contribution in [0, 0.1) is 0 Å². The van der Waals surface area contributed by atoms with Crippen LogP contribution < -0.4 is 0 Å². The lowest BCUT2D eigenvalue weighted by atomic mass is 10.2. The van der Waals surface area contributed by atoms with Crippen molar-refractivity contribution in [1.82, 2.24) is 0 Å². The second-order valence-electron chi connectivity index (χ2n) is 4.08. The largest absolute Gasteiger partial charge is 0.481 e. The smallest absolute Gasteiger partial charge is 0.307 e. The summed E-state index contributed by atoms with van der Waals surface area (Å²) in [5.41, 5.74) is 0.583. The second-order valence-corrected chi connectivity index (χ2v) is 7.13. The molecule has 6 heteroatoms. The van der Waals surface area contributed by atoms with Crippen LogP contribution in [-0.2, 0) is 21.1 Å². The van der Waals surface area contributed by atoms with Crippen molar-refractivity contribution in [2.45, 2.75) is 29.4 Å². The van der Waals surface area contributed by atoms with Gasteiger partial charge in [0, 0.05) is 4.47 Å². The van der Waals surface area contributed by atoms with E-state index in [0.717, 1.165) is 0 Å². The van der Waals surface area contributed by atoms with Crippen LogP contribution in [0.3, 0.4) is 0 Å². The average molecular weight is 319 g/mol. The fraction of sp³-hybridized carbons (Fsp3) is 0.364. The van der Waals surface area contributed by atoms with E-state index >= 15 is 0 Å². The summed E-state index contributed by atoms with van der Waals surface area (Å²) in [6, 6.07) is 4.59. The zero-order valence-electron chi connectivity index (χ0n) is 8.89. The maximum absolute atomic E-state index is 12.0. The topological polar surface area (TPSA) is 71.4 Å². The van der Waals surface area contributed by atoms with Crippen LogP contribution in [0.15, 0.2) is 27.6 Å². The zero-order valence-corrected chi connectivity index (χ0v) is 11.3. The summed E-state index contributed by atoms with van der Waals surface area (Å²) >= 11 is 3.20. The molecule has 1 aliphatic carbocycles. The number of carboxylic acids is 1. The average Bonchev–Trinajstić information content (AvgIpc) is 2.98. The van der Waals surface area contributed by atoms with Crippen LogP contribution in [0.2, 0.25) is 0 Å². The predicted octanol–water partition coefficient (Wildman–Crippen LogP) is 2.01. The Morgan fingerprint density at radius 1 is 1.41 bits per heavy atom. The summed E-state index contributed by atoms with van der Waals surface area (Å²) < 4.78 is 24.5. The zero-order chi connectivity index (χ0) is 12.6. The molecule has 4 nitrogen and oxygen atoms in total. The van der Waals surface area contributed by atoms with E-state index in [-0.39, 0.29) is 16.6 Å². The summed E-state index contributed by atoms with van der Waals surface area (Å²) in [5.74, 6) is -0.935. The Morgan fingerprint density at radius 3 is 2.53 bits per heavy atom. The van der Waals surface area contributed by atoms with E-state index in [1.54, 1.807) is 12.1 Å². The third kappa shape index (κ3) is 2.69. The van der Waals surface area contributed by atoms with Crippen LogP contribution in [0.1, 0.15) is 18.4 Å². The first-order chi connectivity index (χ1) is 7.91. The van der Waals surface area contributed by atoms with E-state index in [2.05, 4.69) is 15.9 Å². The van der Waals surface area contributed by atoms with Gasteiger partial charge in [-0.3, -0.25) is 4.79 Å². The van der Waals surface area contributed by atoms with Crippen LogP contribution in [-0.4, -0.2) is 24.7 Å². The molecule has 17 heavy (non-hydrogen) atoms. The van der Waals surface area contributed by atoms with Crippen molar-refractivity contribution < 1.29 is 18.3 Å². The molecular weight excluding hydrogens is 308 g/mol. The molecule has 0 bridgehead atoms. The van der Waals surface area contributed by atoms with Gasteiger partial charge in [-0.15, -0.1) is 0 Å². The summed E-state index contributed by atoms with van der Waals surface area (Å²) in [4.78, 5) is 10.8. The van der Waals surface area contributed by atoms with E-state index in [1.165, 1.54) is 6.07 Å². The van der Waals surface area contributed by atoms with Crippen molar-refractivity contribution >= 4 is 31.7 Å². The highest BCUT2D eigenvalue weighted by molar-refractivity contribution is 9.10. The number of hydrogen-bond acceptors (Lipinski definition) is 3. The summed E-state index contributed by atoms with van der Waals surface area (Å²) in [6.07, 6.45) is 1.32. The van der Waals surface area contributed by atoms with Gasteiger partial charge in [0.25, 0.3) is 0 Å². The van der Waals surface area contributed by atoms with Gasteiger partial charge in [0.15, 0.2) is 9.84 Å². The van der Waals surface area contributed by atoms with Gasteiger partial charge in [-0.05, 0) is 46.5 Å². The minimum Gasteiger partial charge on any atom is -0.481 e. The Bertz CT molecular complexity index is 561. The number of carboxylic acid groups (broad SMARTS) is 1. The highest BCUT2D eigenvalue weighted by Gasteiger charge is 2.37. The maximum Gasteiger partial charge on any atom is 0.307 e. The van der Waals surface area contributed by atoms with Gasteiger partial charge in [0.1, 0.15) is 0 Å². The lowest BCUT2D eigenvalue weighted by molar-refractivity contribution is -0.136. The van der Waals surface area contributed by atoms with Gasteiger partial charge >= 0.3 is 5.97 Å². The monoisotopic (exact) mass is 318 g/mol. The predicted molar refractivity (Wildman–Crippen MR) is 65.7 cm³/mol. The molecule has 0 aliphatic heterocycles. The van der Waals surface area contributed by atoms with Crippen molar-refractivity contribution in [1.29, 1.82) is 0 Å². The van der Waals surface area contributed by atoms with Crippen molar-refractivity contribution in [2.75, 3.05) is 0 Å². The highest BCUT2D eigenvalue weighted by atomic mass is 79.9. The molecule has 1 aromatic rings. The van der Waals surface area contributed by atoms with Crippen LogP contribution >= 0.6 is 15.9 Å². The molecule has 0 radical (unpaired) electrons. The van der Waals surface area contributed by atoms with Gasteiger partial charge in [-0.25, -0.2) is 8.42 Å². The molecule has 2 rings (SSSR count). The number of halogens is 1. The molecule has 0 amide bonds. The highest BCUT2D eigenvalue weighted by Crippen LogP contribution is 2.36. The van der Waals surface area contributed by atoms with Gasteiger partial charge in [0.2, 0.25) is 0 Å². The molecule has 0 spiro atoms. The number of sulfone groups is 1. The molecule has 0 aromatic heterocycles. The number of rotatable bonds is 4. The minimum absolute atomic E-state index is 0.109. The Kier molecular flexibility index (Phi) is 3.27. The van der Waals surface area contributed by atoms with Gasteiger partial charge in [-0.1, -0.05) is 6.07 Å². The minimum atomic E-state index is -3.24. The van der Waals surface area contributed by atoms with E-state index in [1.807, 2.05) is 0 Å². The van der Waals surface area contributed by atoms with E-state index in [0.29, 0.717) is 22.9 Å². The molecule has 0 unspecified atom stereocenters. The van der Waals surface area contributed by atoms with Crippen LogP contribution in [0.25, 0.3) is 0 Å². The Balaban J connectivity index is 2.35. The first kappa shape index (κ1) is 12.6. The Hall–Kier alpha value is -0.880. The number of hydrogen-bond donors (Lipinski definition) is 1. The van der Waals surface area contributed by atoms with Gasteiger partial charge in [0.05, 0.1) is 16.6 Å². The number of carbonyl (C=O) groups is 1. The molecule has 0 heterocycles. The normalized spacial score (nSPS) is 15.8. The summed E-state index contributed by atoms with van der Waals surface area (Å²) in [7, 11) is -3.24. The van der Waals surface area contributed by atoms with E-state index in [9.17, 15) is 13.2 Å². The second kappa shape index (κ2) is 4.42. The van der Waals surface area contributed by atoms with Crippen LogP contribution in [0.4, 0.5) is 0 Å². The van der Waals surface area contributed by atoms with Gasteiger partial charge < -0.3 is 5.11 Å². The standard InChI is InChI=1S/C11H11BrO4S/c12-9-5-7(6-11(13)14)1-4-10(9)17(15,16)8-2-3-8/h1,4-5,8H,2-3,6H2,(H,13,14). The Morgan fingerprint density at radius 2 is 2.06 bits per heavy atom. The third-order valence-corrected chi connectivity index (χ3v) is 5.86. The van der Waals surface area contributed by atoms with Crippen molar-refractivity contribution in [3.05, 3.63) is 28.2 Å². The fourth-order valence-electron chi connectivity index (χ4n) is 1.62. The molecule has 0 saturated heterocycles. The molecule has 0 atom stereocenters. The van der Waals surface area contributed by atoms with E-state index in [4.69, 9.17) is 5.11 Å².